The number of carbonyl (C=O) groups is 1. The van der Waals surface area contributed by atoms with Crippen LogP contribution in [0.4, 0.5) is 0 Å². The fraction of sp³-hybridized carbons (Fsp3) is 0.133. The minimum atomic E-state index is -0.556. The van der Waals surface area contributed by atoms with Gasteiger partial charge in [-0.3, -0.25) is 4.79 Å². The van der Waals surface area contributed by atoms with Gasteiger partial charge < -0.3 is 10.9 Å². The van der Waals surface area contributed by atoms with Gasteiger partial charge in [-0.2, -0.15) is 5.06 Å². The molecule has 0 spiro atoms. The Morgan fingerprint density at radius 2 is 1.68 bits per heavy atom. The second kappa shape index (κ2) is 6.13. The van der Waals surface area contributed by atoms with E-state index in [2.05, 4.69) is 0 Å². The first-order valence-corrected chi connectivity index (χ1v) is 6.02. The first-order chi connectivity index (χ1) is 9.16. The number of amides is 1. The molecule has 0 aliphatic heterocycles. The van der Waals surface area contributed by atoms with Crippen LogP contribution in [0.15, 0.2) is 54.6 Å². The minimum absolute atomic E-state index is 0.177. The van der Waals surface area contributed by atoms with Gasteiger partial charge in [-0.1, -0.05) is 54.6 Å². The quantitative estimate of drug-likeness (QED) is 0.804. The number of nitrogens with zero attached hydrogens (tertiary/aromatic N) is 1. The van der Waals surface area contributed by atoms with E-state index in [0.29, 0.717) is 0 Å². The molecule has 4 nitrogen and oxygen atoms in total. The van der Waals surface area contributed by atoms with Crippen molar-refractivity contribution >= 4 is 5.91 Å². The molecule has 0 fully saturated rings. The standard InChI is InChI=1S/C15H16N2O2/c16-15(18)11-17(19)10-13-8-4-5-9-14(13)12-6-2-1-3-7-12/h1-9,19H,10-11H2,(H2,16,18). The number of carbonyl (C=O) groups excluding carboxylic acids is 1. The van der Waals surface area contributed by atoms with Crippen LogP contribution in [0.1, 0.15) is 5.56 Å². The molecule has 98 valence electrons. The number of hydrogen-bond donors (Lipinski definition) is 2. The zero-order chi connectivity index (χ0) is 13.7. The average molecular weight is 256 g/mol. The van der Waals surface area contributed by atoms with Gasteiger partial charge in [-0.15, -0.1) is 0 Å². The molecule has 0 saturated carbocycles. The number of benzene rings is 2. The van der Waals surface area contributed by atoms with Crippen LogP contribution in [0.2, 0.25) is 0 Å². The Kier molecular flexibility index (Phi) is 4.28. The topological polar surface area (TPSA) is 66.6 Å². The molecular weight excluding hydrogens is 240 g/mol. The average Bonchev–Trinajstić information content (AvgIpc) is 2.39. The third-order valence-corrected chi connectivity index (χ3v) is 2.79. The maximum atomic E-state index is 10.8. The highest BCUT2D eigenvalue weighted by Crippen LogP contribution is 2.24. The fourth-order valence-electron chi connectivity index (χ4n) is 1.99. The molecule has 3 N–H and O–H groups in total. The Morgan fingerprint density at radius 3 is 2.37 bits per heavy atom. The van der Waals surface area contributed by atoms with Crippen LogP contribution in [0, 0.1) is 0 Å². The molecule has 0 aliphatic rings. The maximum Gasteiger partial charge on any atom is 0.234 e. The summed E-state index contributed by atoms with van der Waals surface area (Å²) in [5, 5.41) is 10.6. The number of rotatable bonds is 5. The zero-order valence-corrected chi connectivity index (χ0v) is 10.5. The monoisotopic (exact) mass is 256 g/mol. The lowest BCUT2D eigenvalue weighted by Crippen LogP contribution is -2.30. The summed E-state index contributed by atoms with van der Waals surface area (Å²) in [6, 6.07) is 17.7. The molecule has 2 rings (SSSR count). The molecule has 0 aromatic heterocycles. The Bertz CT molecular complexity index is 555. The van der Waals surface area contributed by atoms with E-state index in [0.717, 1.165) is 21.8 Å². The number of hydrogen-bond acceptors (Lipinski definition) is 3. The van der Waals surface area contributed by atoms with Crippen molar-refractivity contribution in [1.82, 2.24) is 5.06 Å². The SMILES string of the molecule is NC(=O)CN(O)Cc1ccccc1-c1ccccc1. The summed E-state index contributed by atoms with van der Waals surface area (Å²) in [6.45, 7) is 0.0805. The highest BCUT2D eigenvalue weighted by Gasteiger charge is 2.09. The number of hydroxylamine groups is 2. The molecule has 0 saturated heterocycles. The van der Waals surface area contributed by atoms with Crippen molar-refractivity contribution in [3.8, 4) is 11.1 Å². The van der Waals surface area contributed by atoms with Gasteiger partial charge in [0.25, 0.3) is 0 Å². The van der Waals surface area contributed by atoms with Gasteiger partial charge in [-0.25, -0.2) is 0 Å². The molecule has 4 heteroatoms. The van der Waals surface area contributed by atoms with Gasteiger partial charge in [0.2, 0.25) is 5.91 Å². The van der Waals surface area contributed by atoms with Crippen molar-refractivity contribution in [2.75, 3.05) is 6.54 Å². The molecule has 0 heterocycles. The second-order valence-corrected chi connectivity index (χ2v) is 4.31. The van der Waals surface area contributed by atoms with Crippen LogP contribution in [0.5, 0.6) is 0 Å². The summed E-state index contributed by atoms with van der Waals surface area (Å²) in [5.41, 5.74) is 8.11. The van der Waals surface area contributed by atoms with Gasteiger partial charge in [0, 0.05) is 0 Å². The third-order valence-electron chi connectivity index (χ3n) is 2.79. The molecule has 2 aromatic rings. The number of nitrogens with two attached hydrogens (primary N) is 1. The predicted octanol–water partition coefficient (Wildman–Crippen LogP) is 2.03. The first-order valence-electron chi connectivity index (χ1n) is 6.02. The van der Waals surface area contributed by atoms with Crippen molar-refractivity contribution in [1.29, 1.82) is 0 Å². The summed E-state index contributed by atoms with van der Waals surface area (Å²) >= 11 is 0. The smallest absolute Gasteiger partial charge is 0.234 e. The summed E-state index contributed by atoms with van der Waals surface area (Å²) in [5.74, 6) is -0.556. The third kappa shape index (κ3) is 3.64. The second-order valence-electron chi connectivity index (χ2n) is 4.31. The van der Waals surface area contributed by atoms with Crippen LogP contribution in [-0.2, 0) is 11.3 Å². The van der Waals surface area contributed by atoms with E-state index < -0.39 is 5.91 Å². The van der Waals surface area contributed by atoms with Crippen LogP contribution in [0.3, 0.4) is 0 Å². The first kappa shape index (κ1) is 13.3. The lowest BCUT2D eigenvalue weighted by atomic mass is 10.00. The van der Waals surface area contributed by atoms with Crippen LogP contribution < -0.4 is 5.73 Å². The summed E-state index contributed by atoms with van der Waals surface area (Å²) in [4.78, 5) is 10.8. The van der Waals surface area contributed by atoms with E-state index in [4.69, 9.17) is 5.73 Å². The Morgan fingerprint density at radius 1 is 1.05 bits per heavy atom. The van der Waals surface area contributed by atoms with Crippen molar-refractivity contribution in [2.24, 2.45) is 5.73 Å². The van der Waals surface area contributed by atoms with Crippen molar-refractivity contribution in [3.05, 3.63) is 60.2 Å². The van der Waals surface area contributed by atoms with E-state index in [9.17, 15) is 10.0 Å². The summed E-state index contributed by atoms with van der Waals surface area (Å²) < 4.78 is 0. The van der Waals surface area contributed by atoms with E-state index in [1.54, 1.807) is 0 Å². The van der Waals surface area contributed by atoms with Gasteiger partial charge in [0.15, 0.2) is 0 Å². The Labute approximate surface area is 112 Å². The zero-order valence-electron chi connectivity index (χ0n) is 10.5. The predicted molar refractivity (Wildman–Crippen MR) is 73.3 cm³/mol. The highest BCUT2D eigenvalue weighted by atomic mass is 16.5. The van der Waals surface area contributed by atoms with Crippen LogP contribution in [0.25, 0.3) is 11.1 Å². The van der Waals surface area contributed by atoms with E-state index in [-0.39, 0.29) is 13.1 Å². The van der Waals surface area contributed by atoms with Crippen molar-refractivity contribution in [3.63, 3.8) is 0 Å². The maximum absolute atomic E-state index is 10.8. The fourth-order valence-corrected chi connectivity index (χ4v) is 1.99. The lowest BCUT2D eigenvalue weighted by Gasteiger charge is -2.15. The molecule has 0 aliphatic carbocycles. The van der Waals surface area contributed by atoms with Gasteiger partial charge in [-0.05, 0) is 16.7 Å². The molecule has 19 heavy (non-hydrogen) atoms. The highest BCUT2D eigenvalue weighted by molar-refractivity contribution is 5.75. The molecule has 1 amide bonds. The van der Waals surface area contributed by atoms with Gasteiger partial charge >= 0.3 is 0 Å². The van der Waals surface area contributed by atoms with Crippen molar-refractivity contribution < 1.29 is 10.0 Å². The van der Waals surface area contributed by atoms with E-state index >= 15 is 0 Å². The minimum Gasteiger partial charge on any atom is -0.368 e. The van der Waals surface area contributed by atoms with Crippen LogP contribution >= 0.6 is 0 Å². The number of primary amides is 1. The normalized spacial score (nSPS) is 10.6. The molecular formula is C15H16N2O2. The molecule has 0 bridgehead atoms. The Hall–Kier alpha value is -2.17. The molecule has 0 radical (unpaired) electrons. The molecule has 0 atom stereocenters. The van der Waals surface area contributed by atoms with Crippen molar-refractivity contribution in [2.45, 2.75) is 6.54 Å². The Balaban J connectivity index is 2.24. The lowest BCUT2D eigenvalue weighted by molar-refractivity contribution is -0.137. The van der Waals surface area contributed by atoms with E-state index in [1.165, 1.54) is 0 Å². The van der Waals surface area contributed by atoms with E-state index in [1.807, 2.05) is 54.6 Å². The van der Waals surface area contributed by atoms with Gasteiger partial charge in [0.05, 0.1) is 6.54 Å². The largest absolute Gasteiger partial charge is 0.368 e. The molecule has 2 aromatic carbocycles. The summed E-state index contributed by atoms with van der Waals surface area (Å²) in [6.07, 6.45) is 0. The van der Waals surface area contributed by atoms with Gasteiger partial charge in [0.1, 0.15) is 6.54 Å². The van der Waals surface area contributed by atoms with Crippen LogP contribution in [-0.4, -0.2) is 22.7 Å². The molecule has 0 unspecified atom stereocenters. The summed E-state index contributed by atoms with van der Waals surface area (Å²) in [7, 11) is 0.